The highest BCUT2D eigenvalue weighted by atomic mass is 35.5. The smallest absolute Gasteiger partial charge is 0.417 e. The molecular formula is C17H14ClF3O2. The van der Waals surface area contributed by atoms with Gasteiger partial charge in [0.25, 0.3) is 0 Å². The lowest BCUT2D eigenvalue weighted by atomic mass is 9.95. The Bertz CT molecular complexity index is 684. The normalized spacial score (nSPS) is 12.9. The van der Waals surface area contributed by atoms with Gasteiger partial charge in [0, 0.05) is 6.42 Å². The van der Waals surface area contributed by atoms with Crippen LogP contribution >= 0.6 is 11.6 Å². The zero-order valence-corrected chi connectivity index (χ0v) is 12.7. The van der Waals surface area contributed by atoms with Crippen LogP contribution in [0.15, 0.2) is 48.5 Å². The van der Waals surface area contributed by atoms with Crippen molar-refractivity contribution < 1.29 is 23.1 Å². The summed E-state index contributed by atoms with van der Waals surface area (Å²) < 4.78 is 40.1. The largest absolute Gasteiger partial charge is 0.481 e. The first-order chi connectivity index (χ1) is 10.8. The van der Waals surface area contributed by atoms with Gasteiger partial charge in [-0.15, -0.1) is 11.6 Å². The summed E-state index contributed by atoms with van der Waals surface area (Å²) in [5.74, 6) is -1.03. The van der Waals surface area contributed by atoms with Gasteiger partial charge in [0.2, 0.25) is 0 Å². The van der Waals surface area contributed by atoms with Crippen molar-refractivity contribution in [3.63, 3.8) is 0 Å². The SMILES string of the molecule is O=C(O)CCC(Cl)c1ccc(-c2ccccc2)c(C(F)(F)F)c1. The van der Waals surface area contributed by atoms with Crippen LogP contribution in [0.4, 0.5) is 13.2 Å². The van der Waals surface area contributed by atoms with Crippen molar-refractivity contribution in [2.45, 2.75) is 24.4 Å². The Morgan fingerprint density at radius 2 is 1.78 bits per heavy atom. The van der Waals surface area contributed by atoms with Crippen LogP contribution in [0.3, 0.4) is 0 Å². The van der Waals surface area contributed by atoms with Crippen LogP contribution < -0.4 is 0 Å². The van der Waals surface area contributed by atoms with Crippen molar-refractivity contribution in [2.24, 2.45) is 0 Å². The lowest BCUT2D eigenvalue weighted by Gasteiger charge is -2.17. The highest BCUT2D eigenvalue weighted by Gasteiger charge is 2.34. The van der Waals surface area contributed by atoms with E-state index in [1.165, 1.54) is 12.1 Å². The molecule has 0 saturated carbocycles. The van der Waals surface area contributed by atoms with Crippen molar-refractivity contribution in [3.8, 4) is 11.1 Å². The molecule has 0 aliphatic heterocycles. The molecule has 6 heteroatoms. The van der Waals surface area contributed by atoms with Gasteiger partial charge in [0.05, 0.1) is 10.9 Å². The third-order valence-electron chi connectivity index (χ3n) is 3.41. The molecule has 1 unspecified atom stereocenters. The Labute approximate surface area is 136 Å². The lowest BCUT2D eigenvalue weighted by molar-refractivity contribution is -0.138. The van der Waals surface area contributed by atoms with Crippen molar-refractivity contribution in [2.75, 3.05) is 0 Å². The first kappa shape index (κ1) is 17.3. The van der Waals surface area contributed by atoms with Gasteiger partial charge in [-0.05, 0) is 29.2 Å². The molecule has 0 saturated heterocycles. The zero-order valence-electron chi connectivity index (χ0n) is 12.0. The fraction of sp³-hybridized carbons (Fsp3) is 0.235. The van der Waals surface area contributed by atoms with Gasteiger partial charge in [-0.25, -0.2) is 0 Å². The van der Waals surface area contributed by atoms with E-state index < -0.39 is 23.1 Å². The third kappa shape index (κ3) is 4.48. The summed E-state index contributed by atoms with van der Waals surface area (Å²) in [7, 11) is 0. The fourth-order valence-corrected chi connectivity index (χ4v) is 2.52. The zero-order chi connectivity index (χ0) is 17.0. The third-order valence-corrected chi connectivity index (χ3v) is 3.88. The molecule has 0 spiro atoms. The number of hydrogen-bond donors (Lipinski definition) is 1. The Hall–Kier alpha value is -2.01. The van der Waals surface area contributed by atoms with Gasteiger partial charge in [-0.2, -0.15) is 13.2 Å². The summed E-state index contributed by atoms with van der Waals surface area (Å²) in [6.45, 7) is 0. The van der Waals surface area contributed by atoms with Gasteiger partial charge in [-0.3, -0.25) is 4.79 Å². The highest BCUT2D eigenvalue weighted by molar-refractivity contribution is 6.20. The minimum Gasteiger partial charge on any atom is -0.481 e. The van der Waals surface area contributed by atoms with E-state index in [4.69, 9.17) is 16.7 Å². The van der Waals surface area contributed by atoms with Gasteiger partial charge in [-0.1, -0.05) is 42.5 Å². The van der Waals surface area contributed by atoms with Crippen LogP contribution in [0.5, 0.6) is 0 Å². The maximum Gasteiger partial charge on any atom is 0.417 e. The van der Waals surface area contributed by atoms with Crippen LogP contribution in [0.2, 0.25) is 0 Å². The summed E-state index contributed by atoms with van der Waals surface area (Å²) >= 11 is 6.04. The molecule has 0 radical (unpaired) electrons. The number of rotatable bonds is 5. The molecule has 1 N–H and O–H groups in total. The number of carboxylic acid groups (broad SMARTS) is 1. The maximum atomic E-state index is 13.4. The topological polar surface area (TPSA) is 37.3 Å². The van der Waals surface area contributed by atoms with Crippen molar-refractivity contribution in [1.29, 1.82) is 0 Å². The molecule has 0 bridgehead atoms. The molecule has 0 aliphatic carbocycles. The lowest BCUT2D eigenvalue weighted by Crippen LogP contribution is -2.09. The Balaban J connectivity index is 2.41. The molecule has 2 aromatic rings. The number of aliphatic carboxylic acids is 1. The second-order valence-corrected chi connectivity index (χ2v) is 5.60. The van der Waals surface area contributed by atoms with Crippen LogP contribution in [0, 0.1) is 0 Å². The molecule has 2 aromatic carbocycles. The number of halogens is 4. The van der Waals surface area contributed by atoms with Gasteiger partial charge < -0.3 is 5.11 Å². The van der Waals surface area contributed by atoms with E-state index in [-0.39, 0.29) is 24.0 Å². The number of hydrogen-bond acceptors (Lipinski definition) is 1. The minimum absolute atomic E-state index is 0.0683. The average molecular weight is 343 g/mol. The monoisotopic (exact) mass is 342 g/mol. The van der Waals surface area contributed by atoms with E-state index in [2.05, 4.69) is 0 Å². The first-order valence-corrected chi connectivity index (χ1v) is 7.35. The van der Waals surface area contributed by atoms with E-state index in [1.807, 2.05) is 0 Å². The number of alkyl halides is 4. The summed E-state index contributed by atoms with van der Waals surface area (Å²) in [4.78, 5) is 10.6. The molecule has 23 heavy (non-hydrogen) atoms. The molecule has 0 amide bonds. The second-order valence-electron chi connectivity index (χ2n) is 5.07. The molecule has 2 nitrogen and oxygen atoms in total. The predicted octanol–water partition coefficient (Wildman–Crippen LogP) is 5.52. The van der Waals surface area contributed by atoms with Gasteiger partial charge in [0.15, 0.2) is 0 Å². The van der Waals surface area contributed by atoms with Crippen molar-refractivity contribution in [3.05, 3.63) is 59.7 Å². The van der Waals surface area contributed by atoms with Gasteiger partial charge in [0.1, 0.15) is 0 Å². The van der Waals surface area contributed by atoms with Gasteiger partial charge >= 0.3 is 12.1 Å². The van der Waals surface area contributed by atoms with E-state index in [0.717, 1.165) is 6.07 Å². The second kappa shape index (κ2) is 7.04. The fourth-order valence-electron chi connectivity index (χ4n) is 2.28. The maximum absolute atomic E-state index is 13.4. The summed E-state index contributed by atoms with van der Waals surface area (Å²) in [5, 5.41) is 7.87. The molecule has 2 rings (SSSR count). The average Bonchev–Trinajstić information content (AvgIpc) is 2.52. The van der Waals surface area contributed by atoms with E-state index in [0.29, 0.717) is 5.56 Å². The van der Waals surface area contributed by atoms with E-state index in [9.17, 15) is 18.0 Å². The molecule has 0 fully saturated rings. The molecule has 122 valence electrons. The molecule has 0 heterocycles. The summed E-state index contributed by atoms with van der Waals surface area (Å²) in [6.07, 6.45) is -4.65. The Morgan fingerprint density at radius 1 is 1.13 bits per heavy atom. The van der Waals surface area contributed by atoms with E-state index >= 15 is 0 Å². The molecule has 0 aromatic heterocycles. The Kier molecular flexibility index (Phi) is 5.31. The molecular weight excluding hydrogens is 329 g/mol. The quantitative estimate of drug-likeness (QED) is 0.727. The van der Waals surface area contributed by atoms with Crippen LogP contribution in [-0.2, 0) is 11.0 Å². The summed E-state index contributed by atoms with van der Waals surface area (Å²) in [6, 6.07) is 12.2. The summed E-state index contributed by atoms with van der Waals surface area (Å²) in [5.41, 5.74) is 0.0223. The highest BCUT2D eigenvalue weighted by Crippen LogP contribution is 2.39. The van der Waals surface area contributed by atoms with Crippen LogP contribution in [0.25, 0.3) is 11.1 Å². The number of carboxylic acids is 1. The van der Waals surface area contributed by atoms with E-state index in [1.54, 1.807) is 30.3 Å². The number of carbonyl (C=O) groups is 1. The minimum atomic E-state index is -4.52. The predicted molar refractivity (Wildman–Crippen MR) is 82.3 cm³/mol. The first-order valence-electron chi connectivity index (χ1n) is 6.91. The molecule has 1 atom stereocenters. The standard InChI is InChI=1S/C17H14ClF3O2/c18-15(8-9-16(22)23)12-6-7-13(11-4-2-1-3-5-11)14(10-12)17(19,20)21/h1-7,10,15H,8-9H2,(H,22,23). The number of benzene rings is 2. The van der Waals surface area contributed by atoms with Crippen molar-refractivity contribution >= 4 is 17.6 Å². The van der Waals surface area contributed by atoms with Crippen LogP contribution in [-0.4, -0.2) is 11.1 Å². The molecule has 0 aliphatic rings. The Morgan fingerprint density at radius 3 is 2.35 bits per heavy atom. The van der Waals surface area contributed by atoms with Crippen LogP contribution in [0.1, 0.15) is 29.3 Å². The van der Waals surface area contributed by atoms with Crippen molar-refractivity contribution in [1.82, 2.24) is 0 Å².